The molecule has 0 unspecified atom stereocenters. The summed E-state index contributed by atoms with van der Waals surface area (Å²) in [5.41, 5.74) is 1.37. The van der Waals surface area contributed by atoms with Crippen molar-refractivity contribution in [1.82, 2.24) is 19.9 Å². The van der Waals surface area contributed by atoms with Crippen molar-refractivity contribution < 1.29 is 4.79 Å². The first-order valence-electron chi connectivity index (χ1n) is 8.08. The quantitative estimate of drug-likeness (QED) is 0.939. The lowest BCUT2D eigenvalue weighted by Crippen LogP contribution is -2.32. The first kappa shape index (κ1) is 15.4. The van der Waals surface area contributed by atoms with Gasteiger partial charge in [-0.1, -0.05) is 18.9 Å². The van der Waals surface area contributed by atoms with Crippen molar-refractivity contribution >= 4 is 11.7 Å². The molecule has 2 aromatic rings. The van der Waals surface area contributed by atoms with Gasteiger partial charge in [-0.15, -0.1) is 0 Å². The van der Waals surface area contributed by atoms with Crippen LogP contribution in [0, 0.1) is 0 Å². The van der Waals surface area contributed by atoms with E-state index in [0.717, 1.165) is 31.6 Å². The summed E-state index contributed by atoms with van der Waals surface area (Å²) >= 11 is 0. The molecule has 3 rings (SSSR count). The van der Waals surface area contributed by atoms with E-state index in [1.807, 2.05) is 23.1 Å². The molecule has 1 saturated heterocycles. The lowest BCUT2D eigenvalue weighted by molar-refractivity contribution is 0.0755. The number of amides is 1. The maximum Gasteiger partial charge on any atom is 0.272 e. The summed E-state index contributed by atoms with van der Waals surface area (Å²) < 4.78 is 0. The molecule has 0 atom stereocenters. The zero-order chi connectivity index (χ0) is 15.9. The molecule has 1 aliphatic rings. The van der Waals surface area contributed by atoms with Gasteiger partial charge >= 0.3 is 0 Å². The van der Waals surface area contributed by atoms with Crippen LogP contribution in [-0.4, -0.2) is 38.8 Å². The minimum Gasteiger partial charge on any atom is -0.364 e. The van der Waals surface area contributed by atoms with Crippen LogP contribution in [0.25, 0.3) is 0 Å². The first-order valence-corrected chi connectivity index (χ1v) is 8.08. The Hall–Kier alpha value is -2.50. The van der Waals surface area contributed by atoms with E-state index in [9.17, 15) is 4.79 Å². The molecule has 0 saturated carbocycles. The fourth-order valence-electron chi connectivity index (χ4n) is 2.69. The van der Waals surface area contributed by atoms with Gasteiger partial charge in [-0.05, 0) is 25.0 Å². The Bertz CT molecular complexity index is 638. The summed E-state index contributed by atoms with van der Waals surface area (Å²) in [5.74, 6) is 0.638. The Morgan fingerprint density at radius 1 is 1.09 bits per heavy atom. The normalized spacial score (nSPS) is 15.0. The highest BCUT2D eigenvalue weighted by atomic mass is 16.2. The number of likely N-dealkylation sites (tertiary alicyclic amines) is 1. The topological polar surface area (TPSA) is 71.0 Å². The van der Waals surface area contributed by atoms with Crippen LogP contribution in [0.1, 0.15) is 41.9 Å². The van der Waals surface area contributed by atoms with Crippen LogP contribution in [-0.2, 0) is 6.54 Å². The van der Waals surface area contributed by atoms with E-state index in [0.29, 0.717) is 18.1 Å². The summed E-state index contributed by atoms with van der Waals surface area (Å²) in [4.78, 5) is 27.1. The maximum absolute atomic E-state index is 12.6. The van der Waals surface area contributed by atoms with Crippen molar-refractivity contribution in [2.24, 2.45) is 0 Å². The summed E-state index contributed by atoms with van der Waals surface area (Å²) in [6.07, 6.45) is 7.73. The Morgan fingerprint density at radius 2 is 1.91 bits per heavy atom. The van der Waals surface area contributed by atoms with Crippen LogP contribution in [0.4, 0.5) is 5.82 Å². The van der Waals surface area contributed by atoms with E-state index in [1.54, 1.807) is 12.3 Å². The Labute approximate surface area is 136 Å². The van der Waals surface area contributed by atoms with Gasteiger partial charge in [0.1, 0.15) is 17.8 Å². The van der Waals surface area contributed by atoms with E-state index < -0.39 is 0 Å². The third-order valence-electron chi connectivity index (χ3n) is 3.96. The van der Waals surface area contributed by atoms with E-state index >= 15 is 0 Å². The van der Waals surface area contributed by atoms with Gasteiger partial charge < -0.3 is 10.2 Å². The molecule has 0 spiro atoms. The van der Waals surface area contributed by atoms with Gasteiger partial charge in [0.25, 0.3) is 5.91 Å². The smallest absolute Gasteiger partial charge is 0.272 e. The SMILES string of the molecule is O=C(c1cc(NCc2ccccn2)ncn1)N1CCCCCC1. The molecule has 6 nitrogen and oxygen atoms in total. The number of nitrogens with one attached hydrogen (secondary N) is 1. The molecule has 0 aliphatic carbocycles. The van der Waals surface area contributed by atoms with Crippen molar-refractivity contribution in [3.05, 3.63) is 48.2 Å². The first-order chi connectivity index (χ1) is 11.3. The second kappa shape index (κ2) is 7.67. The van der Waals surface area contributed by atoms with Gasteiger partial charge in [0.05, 0.1) is 12.2 Å². The third kappa shape index (κ3) is 4.25. The monoisotopic (exact) mass is 311 g/mol. The van der Waals surface area contributed by atoms with Crippen LogP contribution in [0.2, 0.25) is 0 Å². The minimum atomic E-state index is -0.00446. The predicted octanol–water partition coefficient (Wildman–Crippen LogP) is 2.50. The maximum atomic E-state index is 12.6. The lowest BCUT2D eigenvalue weighted by Gasteiger charge is -2.19. The number of anilines is 1. The van der Waals surface area contributed by atoms with Gasteiger partial charge in [-0.3, -0.25) is 9.78 Å². The Morgan fingerprint density at radius 3 is 2.65 bits per heavy atom. The zero-order valence-corrected chi connectivity index (χ0v) is 13.1. The summed E-state index contributed by atoms with van der Waals surface area (Å²) in [6.45, 7) is 2.20. The number of rotatable bonds is 4. The Kier molecular flexibility index (Phi) is 5.13. The van der Waals surface area contributed by atoms with Crippen molar-refractivity contribution in [2.45, 2.75) is 32.2 Å². The van der Waals surface area contributed by atoms with Crippen molar-refractivity contribution in [3.8, 4) is 0 Å². The molecule has 23 heavy (non-hydrogen) atoms. The molecule has 1 N–H and O–H groups in total. The number of hydrogen-bond acceptors (Lipinski definition) is 5. The van der Waals surface area contributed by atoms with Crippen molar-refractivity contribution in [2.75, 3.05) is 18.4 Å². The highest BCUT2D eigenvalue weighted by Gasteiger charge is 2.18. The van der Waals surface area contributed by atoms with Crippen LogP contribution in [0.15, 0.2) is 36.8 Å². The largest absolute Gasteiger partial charge is 0.364 e. The van der Waals surface area contributed by atoms with Crippen LogP contribution < -0.4 is 5.32 Å². The number of aromatic nitrogens is 3. The van der Waals surface area contributed by atoms with Gasteiger partial charge in [0.2, 0.25) is 0 Å². The van der Waals surface area contributed by atoms with Gasteiger partial charge in [-0.25, -0.2) is 9.97 Å². The molecule has 120 valence electrons. The van der Waals surface area contributed by atoms with E-state index in [1.165, 1.54) is 19.2 Å². The fourth-order valence-corrected chi connectivity index (χ4v) is 2.69. The number of hydrogen-bond donors (Lipinski definition) is 1. The minimum absolute atomic E-state index is 0.00446. The molecule has 6 heteroatoms. The predicted molar refractivity (Wildman–Crippen MR) is 88.0 cm³/mol. The number of carbonyl (C=O) groups excluding carboxylic acids is 1. The number of carbonyl (C=O) groups is 1. The second-order valence-electron chi connectivity index (χ2n) is 5.67. The summed E-state index contributed by atoms with van der Waals surface area (Å²) in [6, 6.07) is 7.48. The molecular formula is C17H21N5O. The zero-order valence-electron chi connectivity index (χ0n) is 13.1. The van der Waals surface area contributed by atoms with Crippen molar-refractivity contribution in [1.29, 1.82) is 0 Å². The fraction of sp³-hybridized carbons (Fsp3) is 0.412. The molecular weight excluding hydrogens is 290 g/mol. The third-order valence-corrected chi connectivity index (χ3v) is 3.96. The molecule has 0 bridgehead atoms. The van der Waals surface area contributed by atoms with Gasteiger partial charge in [-0.2, -0.15) is 0 Å². The number of nitrogens with zero attached hydrogens (tertiary/aromatic N) is 4. The van der Waals surface area contributed by atoms with Gasteiger partial charge in [0, 0.05) is 25.4 Å². The number of pyridine rings is 1. The Balaban J connectivity index is 1.65. The highest BCUT2D eigenvalue weighted by molar-refractivity contribution is 5.92. The van der Waals surface area contributed by atoms with E-state index in [4.69, 9.17) is 0 Å². The average molecular weight is 311 g/mol. The standard InChI is InChI=1S/C17H21N5O/c23-17(22-9-5-1-2-6-10-22)15-11-16(21-13-20-15)19-12-14-7-3-4-8-18-14/h3-4,7-8,11,13H,1-2,5-6,9-10,12H2,(H,19,20,21). The average Bonchev–Trinajstić information content (AvgIpc) is 2.90. The molecule has 2 aromatic heterocycles. The van der Waals surface area contributed by atoms with Crippen molar-refractivity contribution in [3.63, 3.8) is 0 Å². The summed E-state index contributed by atoms with van der Waals surface area (Å²) in [5, 5.41) is 3.19. The van der Waals surface area contributed by atoms with Crippen LogP contribution in [0.3, 0.4) is 0 Å². The molecule has 1 aliphatic heterocycles. The molecule has 1 amide bonds. The van der Waals surface area contributed by atoms with E-state index in [2.05, 4.69) is 20.3 Å². The highest BCUT2D eigenvalue weighted by Crippen LogP contribution is 2.14. The van der Waals surface area contributed by atoms with Crippen LogP contribution in [0.5, 0.6) is 0 Å². The molecule has 3 heterocycles. The van der Waals surface area contributed by atoms with E-state index in [-0.39, 0.29) is 5.91 Å². The second-order valence-corrected chi connectivity index (χ2v) is 5.67. The molecule has 1 fully saturated rings. The van der Waals surface area contributed by atoms with Crippen LogP contribution >= 0.6 is 0 Å². The lowest BCUT2D eigenvalue weighted by atomic mass is 10.2. The molecule has 0 radical (unpaired) electrons. The summed E-state index contributed by atoms with van der Waals surface area (Å²) in [7, 11) is 0. The molecule has 0 aromatic carbocycles. The van der Waals surface area contributed by atoms with Gasteiger partial charge in [0.15, 0.2) is 0 Å².